The number of carboxylic acids is 1. The van der Waals surface area contributed by atoms with Crippen LogP contribution in [0, 0.1) is 35.0 Å². The molecule has 0 aromatic carbocycles. The summed E-state index contributed by atoms with van der Waals surface area (Å²) in [6, 6.07) is 0. The summed E-state index contributed by atoms with van der Waals surface area (Å²) in [4.78, 5) is 11.3. The van der Waals surface area contributed by atoms with Gasteiger partial charge in [-0.15, -0.1) is 0 Å². The number of carboxylic acid groups (broad SMARTS) is 1. The smallest absolute Gasteiger partial charge is 0.330 e. The highest BCUT2D eigenvalue weighted by Gasteiger charge is 2.57. The van der Waals surface area contributed by atoms with Crippen molar-refractivity contribution in [3.8, 4) is 0 Å². The fourth-order valence-corrected chi connectivity index (χ4v) is 5.78. The summed E-state index contributed by atoms with van der Waals surface area (Å²) in [5, 5.41) is 9.26. The van der Waals surface area contributed by atoms with Gasteiger partial charge in [-0.1, -0.05) is 19.9 Å². The van der Waals surface area contributed by atoms with Gasteiger partial charge in [0.2, 0.25) is 0 Å². The molecule has 0 heterocycles. The molecule has 0 aromatic heterocycles. The third kappa shape index (κ3) is 1.86. The Kier molecular flexibility index (Phi) is 3.03. The van der Waals surface area contributed by atoms with Crippen LogP contribution in [0.25, 0.3) is 0 Å². The predicted molar refractivity (Wildman–Crippen MR) is 75.7 cm³/mol. The largest absolute Gasteiger partial charge is 0.478 e. The van der Waals surface area contributed by atoms with Crippen LogP contribution >= 0.6 is 0 Å². The van der Waals surface area contributed by atoms with Gasteiger partial charge in [0.25, 0.3) is 0 Å². The Balaban J connectivity index is 2.02. The van der Waals surface area contributed by atoms with Crippen LogP contribution in [0.3, 0.4) is 0 Å². The normalized spacial score (nSPS) is 44.9. The van der Waals surface area contributed by atoms with Crippen molar-refractivity contribution in [2.45, 2.75) is 52.9 Å². The molecule has 0 spiro atoms. The molecule has 4 fully saturated rings. The van der Waals surface area contributed by atoms with Crippen molar-refractivity contribution in [1.29, 1.82) is 0 Å². The lowest BCUT2D eigenvalue weighted by molar-refractivity contribution is -0.133. The first kappa shape index (κ1) is 13.2. The van der Waals surface area contributed by atoms with E-state index in [0.29, 0.717) is 11.5 Å². The van der Waals surface area contributed by atoms with E-state index in [-0.39, 0.29) is 5.41 Å². The van der Waals surface area contributed by atoms with Gasteiger partial charge < -0.3 is 5.11 Å². The molecule has 0 aliphatic heterocycles. The topological polar surface area (TPSA) is 37.3 Å². The minimum absolute atomic E-state index is 0.163. The molecular formula is C17H26O2. The standard InChI is InChI=1S/C17H26O2/c1-10(2)17(9-11(3)16(18)19)14-5-12-4-13(7-14)8-15(17)6-12/h9-10,12-15H,4-8H2,1-3H3,(H,18,19)/b11-9+. The van der Waals surface area contributed by atoms with Gasteiger partial charge in [0.1, 0.15) is 0 Å². The molecule has 0 radical (unpaired) electrons. The summed E-state index contributed by atoms with van der Waals surface area (Å²) in [6.45, 7) is 6.37. The molecule has 4 aliphatic rings. The molecule has 4 saturated carbocycles. The first-order valence-electron chi connectivity index (χ1n) is 7.86. The fraction of sp³-hybridized carbons (Fsp3) is 0.824. The minimum atomic E-state index is -0.742. The lowest BCUT2D eigenvalue weighted by Crippen LogP contribution is -2.54. The van der Waals surface area contributed by atoms with Crippen LogP contribution < -0.4 is 0 Å². The average molecular weight is 262 g/mol. The average Bonchev–Trinajstić information content (AvgIpc) is 2.32. The SMILES string of the molecule is C/C(=C\C1(C(C)C)C2CC3CC(C2)CC1C3)C(=O)O. The molecule has 2 nitrogen and oxygen atoms in total. The highest BCUT2D eigenvalue weighted by Crippen LogP contribution is 2.65. The Hall–Kier alpha value is -0.790. The van der Waals surface area contributed by atoms with E-state index in [1.165, 1.54) is 32.1 Å². The van der Waals surface area contributed by atoms with Gasteiger partial charge in [0, 0.05) is 5.57 Å². The molecule has 0 saturated heterocycles. The van der Waals surface area contributed by atoms with E-state index in [1.807, 2.05) is 0 Å². The lowest BCUT2D eigenvalue weighted by Gasteiger charge is -2.62. The van der Waals surface area contributed by atoms with Crippen molar-refractivity contribution in [3.63, 3.8) is 0 Å². The number of carbonyl (C=O) groups is 1. The van der Waals surface area contributed by atoms with E-state index in [9.17, 15) is 9.90 Å². The first-order chi connectivity index (χ1) is 8.93. The number of rotatable bonds is 3. The molecule has 19 heavy (non-hydrogen) atoms. The second-order valence-electron chi connectivity index (χ2n) is 7.59. The quantitative estimate of drug-likeness (QED) is 0.777. The summed E-state index contributed by atoms with van der Waals surface area (Å²) >= 11 is 0. The van der Waals surface area contributed by atoms with E-state index in [0.717, 1.165) is 23.7 Å². The lowest BCUT2D eigenvalue weighted by atomic mass is 9.42. The monoisotopic (exact) mass is 262 g/mol. The molecule has 4 bridgehead atoms. The number of aliphatic carboxylic acids is 1. The minimum Gasteiger partial charge on any atom is -0.478 e. The fourth-order valence-electron chi connectivity index (χ4n) is 5.78. The van der Waals surface area contributed by atoms with Crippen LogP contribution in [0.5, 0.6) is 0 Å². The molecule has 0 aromatic rings. The summed E-state index contributed by atoms with van der Waals surface area (Å²) in [5.41, 5.74) is 0.719. The number of hydrogen-bond donors (Lipinski definition) is 1. The van der Waals surface area contributed by atoms with Crippen molar-refractivity contribution in [2.24, 2.45) is 35.0 Å². The Morgan fingerprint density at radius 3 is 1.95 bits per heavy atom. The van der Waals surface area contributed by atoms with Gasteiger partial charge in [0.15, 0.2) is 0 Å². The van der Waals surface area contributed by atoms with Crippen molar-refractivity contribution < 1.29 is 9.90 Å². The Morgan fingerprint density at radius 2 is 1.58 bits per heavy atom. The van der Waals surface area contributed by atoms with Crippen LogP contribution in [-0.4, -0.2) is 11.1 Å². The van der Waals surface area contributed by atoms with E-state index in [4.69, 9.17) is 0 Å². The van der Waals surface area contributed by atoms with Gasteiger partial charge in [-0.2, -0.15) is 0 Å². The van der Waals surface area contributed by atoms with Gasteiger partial charge in [0.05, 0.1) is 0 Å². The summed E-state index contributed by atoms with van der Waals surface area (Å²) in [6.07, 6.45) is 8.97. The highest BCUT2D eigenvalue weighted by atomic mass is 16.4. The van der Waals surface area contributed by atoms with Crippen LogP contribution in [0.2, 0.25) is 0 Å². The maximum absolute atomic E-state index is 11.3. The molecule has 2 heteroatoms. The Morgan fingerprint density at radius 1 is 1.11 bits per heavy atom. The van der Waals surface area contributed by atoms with E-state index < -0.39 is 5.97 Å². The third-order valence-electron chi connectivity index (χ3n) is 6.36. The zero-order chi connectivity index (χ0) is 13.8. The predicted octanol–water partition coefficient (Wildman–Crippen LogP) is 4.12. The maximum Gasteiger partial charge on any atom is 0.330 e. The molecule has 4 aliphatic carbocycles. The van der Waals surface area contributed by atoms with Gasteiger partial charge in [-0.05, 0) is 74.0 Å². The van der Waals surface area contributed by atoms with Crippen LogP contribution in [0.4, 0.5) is 0 Å². The van der Waals surface area contributed by atoms with Crippen LogP contribution in [0.1, 0.15) is 52.9 Å². The van der Waals surface area contributed by atoms with Gasteiger partial charge in [-0.3, -0.25) is 0 Å². The molecule has 1 N–H and O–H groups in total. The Bertz CT molecular complexity index is 391. The summed E-state index contributed by atoms with van der Waals surface area (Å²) < 4.78 is 0. The van der Waals surface area contributed by atoms with Crippen molar-refractivity contribution in [3.05, 3.63) is 11.6 Å². The first-order valence-corrected chi connectivity index (χ1v) is 7.86. The molecule has 0 unspecified atom stereocenters. The van der Waals surface area contributed by atoms with E-state index >= 15 is 0 Å². The number of allylic oxidation sites excluding steroid dienone is 1. The van der Waals surface area contributed by atoms with Crippen LogP contribution in [0.15, 0.2) is 11.6 Å². The second-order valence-corrected chi connectivity index (χ2v) is 7.59. The van der Waals surface area contributed by atoms with Gasteiger partial charge in [-0.25, -0.2) is 4.79 Å². The molecule has 0 atom stereocenters. The second kappa shape index (κ2) is 4.36. The van der Waals surface area contributed by atoms with Gasteiger partial charge >= 0.3 is 5.97 Å². The van der Waals surface area contributed by atoms with Crippen molar-refractivity contribution in [1.82, 2.24) is 0 Å². The molecule has 0 amide bonds. The zero-order valence-corrected chi connectivity index (χ0v) is 12.4. The third-order valence-corrected chi connectivity index (χ3v) is 6.36. The van der Waals surface area contributed by atoms with Crippen molar-refractivity contribution in [2.75, 3.05) is 0 Å². The van der Waals surface area contributed by atoms with Crippen LogP contribution in [-0.2, 0) is 4.79 Å². The molecule has 4 rings (SSSR count). The molecular weight excluding hydrogens is 236 g/mol. The van der Waals surface area contributed by atoms with E-state index in [2.05, 4.69) is 19.9 Å². The highest BCUT2D eigenvalue weighted by molar-refractivity contribution is 5.86. The maximum atomic E-state index is 11.3. The van der Waals surface area contributed by atoms with Crippen molar-refractivity contribution >= 4 is 5.97 Å². The van der Waals surface area contributed by atoms with E-state index in [1.54, 1.807) is 6.92 Å². The zero-order valence-electron chi connectivity index (χ0n) is 12.4. The molecule has 106 valence electrons. The Labute approximate surface area is 116 Å². The summed E-state index contributed by atoms with van der Waals surface area (Å²) in [5.74, 6) is 3.16. The number of hydrogen-bond acceptors (Lipinski definition) is 1. The summed E-state index contributed by atoms with van der Waals surface area (Å²) in [7, 11) is 0.